The van der Waals surface area contributed by atoms with Crippen molar-refractivity contribution in [1.29, 1.82) is 0 Å². The molecule has 0 radical (unpaired) electrons. The van der Waals surface area contributed by atoms with Crippen LogP contribution in [0.3, 0.4) is 0 Å². The summed E-state index contributed by atoms with van der Waals surface area (Å²) in [7, 11) is 1.69. The first-order chi connectivity index (χ1) is 14.5. The molecule has 1 amide bonds. The number of carbonyl (C=O) groups excluding carboxylic acids is 1. The summed E-state index contributed by atoms with van der Waals surface area (Å²) in [6.07, 6.45) is 0.786. The summed E-state index contributed by atoms with van der Waals surface area (Å²) in [6, 6.07) is 16.5. The second-order valence-electron chi connectivity index (χ2n) is 7.94. The minimum Gasteiger partial charge on any atom is -0.385 e. The molecule has 4 rings (SSSR count). The largest absolute Gasteiger partial charge is 0.385 e. The molecular weight excluding hydrogens is 442 g/mol. The number of nitrogens with zero attached hydrogens (tertiary/aromatic N) is 2. The molecule has 0 saturated carbocycles. The summed E-state index contributed by atoms with van der Waals surface area (Å²) in [5, 5.41) is 7.54. The van der Waals surface area contributed by atoms with Gasteiger partial charge in [-0.3, -0.25) is 9.89 Å². The Kier molecular flexibility index (Phi) is 6.06. The smallest absolute Gasteiger partial charge is 0.273 e. The topological polar surface area (TPSA) is 58.2 Å². The number of hydrogen-bond acceptors (Lipinski definition) is 3. The molecule has 0 fully saturated rings. The Morgan fingerprint density at radius 1 is 1.13 bits per heavy atom. The first kappa shape index (κ1) is 20.8. The lowest BCUT2D eigenvalue weighted by Gasteiger charge is -2.26. The number of fused-ring (bicyclic) bond motifs is 1. The molecule has 156 valence electrons. The molecule has 0 spiro atoms. The number of benzene rings is 2. The van der Waals surface area contributed by atoms with Crippen LogP contribution in [0, 0.1) is 0 Å². The van der Waals surface area contributed by atoms with Crippen LogP contribution in [-0.4, -0.2) is 41.3 Å². The fraction of sp³-hybridized carbons (Fsp3) is 0.333. The van der Waals surface area contributed by atoms with E-state index in [1.807, 2.05) is 29.2 Å². The molecule has 0 saturated heterocycles. The minimum atomic E-state index is -0.164. The minimum absolute atomic E-state index is 0.00472. The van der Waals surface area contributed by atoms with Gasteiger partial charge >= 0.3 is 0 Å². The molecule has 0 aliphatic carbocycles. The first-order valence-corrected chi connectivity index (χ1v) is 11.0. The van der Waals surface area contributed by atoms with E-state index in [1.54, 1.807) is 7.11 Å². The first-order valence-electron chi connectivity index (χ1n) is 10.2. The molecule has 3 aromatic rings. The Bertz CT molecular complexity index is 1030. The molecule has 1 aliphatic heterocycles. The van der Waals surface area contributed by atoms with E-state index in [-0.39, 0.29) is 11.9 Å². The molecule has 6 heteroatoms. The molecule has 30 heavy (non-hydrogen) atoms. The van der Waals surface area contributed by atoms with Crippen molar-refractivity contribution in [3.63, 3.8) is 0 Å². The Balaban J connectivity index is 1.79. The maximum Gasteiger partial charge on any atom is 0.273 e. The number of amides is 1. The van der Waals surface area contributed by atoms with Crippen molar-refractivity contribution in [3.8, 4) is 11.3 Å². The number of H-pyrrole nitrogens is 1. The average Bonchev–Trinajstić information content (AvgIpc) is 3.28. The van der Waals surface area contributed by atoms with E-state index >= 15 is 0 Å². The second kappa shape index (κ2) is 8.74. The standard InChI is InChI=1S/C24H26BrN3O2/c1-15(2)16-5-7-18(8-6-16)23-20-21(17-9-11-19(25)12-10-17)26-27-22(20)24(29)28(23)13-4-14-30-3/h5-12,15,23H,4,13-14H2,1-3H3,(H,26,27). The summed E-state index contributed by atoms with van der Waals surface area (Å²) in [4.78, 5) is 15.2. The Labute approximate surface area is 185 Å². The van der Waals surface area contributed by atoms with Gasteiger partial charge in [0.2, 0.25) is 0 Å². The third kappa shape index (κ3) is 3.82. The number of hydrogen-bond donors (Lipinski definition) is 1. The van der Waals surface area contributed by atoms with Crippen molar-refractivity contribution in [1.82, 2.24) is 15.1 Å². The van der Waals surface area contributed by atoms with E-state index in [1.165, 1.54) is 5.56 Å². The lowest BCUT2D eigenvalue weighted by atomic mass is 9.94. The molecule has 0 bridgehead atoms. The van der Waals surface area contributed by atoms with Gasteiger partial charge in [0.05, 0.1) is 11.7 Å². The van der Waals surface area contributed by atoms with Crippen LogP contribution in [-0.2, 0) is 4.74 Å². The normalized spacial score (nSPS) is 15.8. The van der Waals surface area contributed by atoms with Crippen LogP contribution in [0.15, 0.2) is 53.0 Å². The van der Waals surface area contributed by atoms with Gasteiger partial charge < -0.3 is 9.64 Å². The van der Waals surface area contributed by atoms with Gasteiger partial charge in [0.1, 0.15) is 5.69 Å². The quantitative estimate of drug-likeness (QED) is 0.463. The Morgan fingerprint density at radius 3 is 2.47 bits per heavy atom. The number of aromatic amines is 1. The predicted molar refractivity (Wildman–Crippen MR) is 122 cm³/mol. The molecule has 2 heterocycles. The summed E-state index contributed by atoms with van der Waals surface area (Å²) in [5.41, 5.74) is 5.75. The molecule has 1 N–H and O–H groups in total. The van der Waals surface area contributed by atoms with Crippen molar-refractivity contribution in [3.05, 3.63) is 75.4 Å². The Hall–Kier alpha value is -2.44. The van der Waals surface area contributed by atoms with Gasteiger partial charge in [0, 0.05) is 35.9 Å². The fourth-order valence-corrected chi connectivity index (χ4v) is 4.31. The molecule has 5 nitrogen and oxygen atoms in total. The van der Waals surface area contributed by atoms with Gasteiger partial charge in [-0.2, -0.15) is 5.10 Å². The van der Waals surface area contributed by atoms with E-state index in [9.17, 15) is 4.79 Å². The zero-order chi connectivity index (χ0) is 21.3. The zero-order valence-corrected chi connectivity index (χ0v) is 19.1. The summed E-state index contributed by atoms with van der Waals surface area (Å²) >= 11 is 3.49. The Morgan fingerprint density at radius 2 is 1.83 bits per heavy atom. The lowest BCUT2D eigenvalue weighted by Crippen LogP contribution is -2.31. The summed E-state index contributed by atoms with van der Waals surface area (Å²) in [6.45, 7) is 5.62. The summed E-state index contributed by atoms with van der Waals surface area (Å²) < 4.78 is 6.23. The number of methoxy groups -OCH3 is 1. The van der Waals surface area contributed by atoms with Crippen LogP contribution in [0.5, 0.6) is 0 Å². The third-order valence-electron chi connectivity index (χ3n) is 5.65. The summed E-state index contributed by atoms with van der Waals surface area (Å²) in [5.74, 6) is 0.458. The monoisotopic (exact) mass is 467 g/mol. The van der Waals surface area contributed by atoms with Crippen molar-refractivity contribution in [2.24, 2.45) is 0 Å². The highest BCUT2D eigenvalue weighted by molar-refractivity contribution is 9.10. The van der Waals surface area contributed by atoms with Crippen molar-refractivity contribution >= 4 is 21.8 Å². The fourth-order valence-electron chi connectivity index (χ4n) is 4.04. The molecule has 2 aromatic carbocycles. The predicted octanol–water partition coefficient (Wildman–Crippen LogP) is 5.54. The highest BCUT2D eigenvalue weighted by Crippen LogP contribution is 2.43. The van der Waals surface area contributed by atoms with E-state index in [0.29, 0.717) is 24.8 Å². The van der Waals surface area contributed by atoms with Crippen LogP contribution >= 0.6 is 15.9 Å². The number of rotatable bonds is 7. The number of halogens is 1. The molecule has 1 atom stereocenters. The molecule has 1 aliphatic rings. The van der Waals surface area contributed by atoms with Gasteiger partial charge in [-0.25, -0.2) is 0 Å². The maximum absolute atomic E-state index is 13.3. The van der Waals surface area contributed by atoms with Crippen molar-refractivity contribution < 1.29 is 9.53 Å². The number of carbonyl (C=O) groups is 1. The highest BCUT2D eigenvalue weighted by atomic mass is 79.9. The number of aromatic nitrogens is 2. The SMILES string of the molecule is COCCCN1C(=O)c2[nH]nc(-c3ccc(Br)cc3)c2C1c1ccc(C(C)C)cc1. The number of ether oxygens (including phenoxy) is 1. The van der Waals surface area contributed by atoms with E-state index < -0.39 is 0 Å². The van der Waals surface area contributed by atoms with Crippen LogP contribution in [0.4, 0.5) is 0 Å². The van der Waals surface area contributed by atoms with E-state index in [0.717, 1.165) is 33.3 Å². The van der Waals surface area contributed by atoms with Crippen LogP contribution in [0.25, 0.3) is 11.3 Å². The lowest BCUT2D eigenvalue weighted by molar-refractivity contribution is 0.0723. The van der Waals surface area contributed by atoms with Gasteiger partial charge in [0.15, 0.2) is 0 Å². The van der Waals surface area contributed by atoms with E-state index in [4.69, 9.17) is 4.74 Å². The number of nitrogens with one attached hydrogen (secondary N) is 1. The van der Waals surface area contributed by atoms with Gasteiger partial charge in [-0.15, -0.1) is 0 Å². The van der Waals surface area contributed by atoms with Crippen LogP contribution < -0.4 is 0 Å². The zero-order valence-electron chi connectivity index (χ0n) is 17.5. The van der Waals surface area contributed by atoms with Gasteiger partial charge in [0.25, 0.3) is 5.91 Å². The van der Waals surface area contributed by atoms with Gasteiger partial charge in [-0.05, 0) is 35.6 Å². The molecule has 1 unspecified atom stereocenters. The van der Waals surface area contributed by atoms with Crippen molar-refractivity contribution in [2.45, 2.75) is 32.2 Å². The van der Waals surface area contributed by atoms with Crippen LogP contribution in [0.2, 0.25) is 0 Å². The van der Waals surface area contributed by atoms with Crippen molar-refractivity contribution in [2.75, 3.05) is 20.3 Å². The van der Waals surface area contributed by atoms with Gasteiger partial charge in [-0.1, -0.05) is 66.2 Å². The molecule has 1 aromatic heterocycles. The van der Waals surface area contributed by atoms with E-state index in [2.05, 4.69) is 64.2 Å². The van der Waals surface area contributed by atoms with Crippen LogP contribution in [0.1, 0.15) is 59.4 Å². The molecular formula is C24H26BrN3O2. The highest BCUT2D eigenvalue weighted by Gasteiger charge is 2.41. The third-order valence-corrected chi connectivity index (χ3v) is 6.18. The maximum atomic E-state index is 13.3. The average molecular weight is 468 g/mol. The second-order valence-corrected chi connectivity index (χ2v) is 8.85.